The van der Waals surface area contributed by atoms with E-state index in [1.807, 2.05) is 6.92 Å². The molecule has 0 saturated carbocycles. The number of nitrogens with zero attached hydrogens (tertiary/aromatic N) is 2. The molecule has 80 valence electrons. The van der Waals surface area contributed by atoms with Gasteiger partial charge in [-0.15, -0.1) is 5.10 Å². The van der Waals surface area contributed by atoms with Crippen LogP contribution in [-0.2, 0) is 20.4 Å². The number of rotatable bonds is 5. The van der Waals surface area contributed by atoms with Crippen LogP contribution in [0.5, 0.6) is 0 Å². The van der Waals surface area contributed by atoms with Crippen LogP contribution in [0.3, 0.4) is 0 Å². The van der Waals surface area contributed by atoms with Crippen molar-refractivity contribution in [2.24, 2.45) is 0 Å². The molecule has 1 N–H and O–H groups in total. The van der Waals surface area contributed by atoms with Gasteiger partial charge in [-0.05, 0) is 6.42 Å². The van der Waals surface area contributed by atoms with E-state index >= 15 is 0 Å². The van der Waals surface area contributed by atoms with Gasteiger partial charge in [0.2, 0.25) is 0 Å². The van der Waals surface area contributed by atoms with Crippen molar-refractivity contribution in [3.05, 3.63) is 5.82 Å². The van der Waals surface area contributed by atoms with Crippen LogP contribution in [0.1, 0.15) is 19.2 Å². The van der Waals surface area contributed by atoms with Crippen LogP contribution < -0.4 is 0 Å². The molecular formula is C6H10ClN3O3S. The Hall–Kier alpha value is -0.660. The highest BCUT2D eigenvalue weighted by Gasteiger charge is 2.16. The Balaban J connectivity index is 2.60. The Morgan fingerprint density at radius 1 is 1.57 bits per heavy atom. The molecule has 1 aromatic rings. The Kier molecular flexibility index (Phi) is 3.85. The molecule has 0 spiro atoms. The molecule has 0 atom stereocenters. The van der Waals surface area contributed by atoms with Gasteiger partial charge in [-0.3, -0.25) is 5.10 Å². The molecule has 1 heterocycles. The minimum atomic E-state index is -3.85. The second-order valence-electron chi connectivity index (χ2n) is 2.56. The summed E-state index contributed by atoms with van der Waals surface area (Å²) in [4.78, 5) is 3.64. The number of ether oxygens (including phenoxy) is 1. The van der Waals surface area contributed by atoms with Crippen LogP contribution in [-0.4, -0.2) is 30.2 Å². The Morgan fingerprint density at radius 2 is 2.29 bits per heavy atom. The van der Waals surface area contributed by atoms with Crippen LogP contribution in [0.25, 0.3) is 0 Å². The summed E-state index contributed by atoms with van der Waals surface area (Å²) >= 11 is 0. The van der Waals surface area contributed by atoms with E-state index in [4.69, 9.17) is 15.4 Å². The molecule has 6 nitrogen and oxygen atoms in total. The van der Waals surface area contributed by atoms with Gasteiger partial charge in [0.1, 0.15) is 6.61 Å². The standard InChI is InChI=1S/C6H10ClN3O3S/c1-2-3-13-4-5-8-6(10-9-5)14(7,11)12/h2-4H2,1H3,(H,8,9,10). The summed E-state index contributed by atoms with van der Waals surface area (Å²) in [5.41, 5.74) is 0. The predicted molar refractivity (Wildman–Crippen MR) is 49.4 cm³/mol. The van der Waals surface area contributed by atoms with Crippen molar-refractivity contribution >= 4 is 19.7 Å². The first-order valence-corrected chi connectivity index (χ1v) is 6.28. The van der Waals surface area contributed by atoms with Gasteiger partial charge in [0.05, 0.1) is 0 Å². The first kappa shape index (κ1) is 11.4. The third kappa shape index (κ3) is 3.24. The van der Waals surface area contributed by atoms with Crippen molar-refractivity contribution < 1.29 is 13.2 Å². The molecule has 0 fully saturated rings. The largest absolute Gasteiger partial charge is 0.373 e. The van der Waals surface area contributed by atoms with Crippen LogP contribution in [0, 0.1) is 0 Å². The second-order valence-corrected chi connectivity index (χ2v) is 5.01. The van der Waals surface area contributed by atoms with Gasteiger partial charge in [-0.25, -0.2) is 8.42 Å². The Bertz CT molecular complexity index is 389. The van der Waals surface area contributed by atoms with Crippen LogP contribution in [0.15, 0.2) is 5.16 Å². The van der Waals surface area contributed by atoms with E-state index in [0.717, 1.165) is 6.42 Å². The van der Waals surface area contributed by atoms with Crippen LogP contribution in [0.2, 0.25) is 0 Å². The van der Waals surface area contributed by atoms with Crippen molar-refractivity contribution in [2.75, 3.05) is 6.61 Å². The van der Waals surface area contributed by atoms with E-state index in [1.165, 1.54) is 0 Å². The fourth-order valence-electron chi connectivity index (χ4n) is 0.765. The molecule has 1 rings (SSSR count). The van der Waals surface area contributed by atoms with E-state index in [0.29, 0.717) is 12.4 Å². The Morgan fingerprint density at radius 3 is 2.79 bits per heavy atom. The Labute approximate surface area is 86.1 Å². The van der Waals surface area contributed by atoms with Crippen molar-refractivity contribution in [1.29, 1.82) is 0 Å². The van der Waals surface area contributed by atoms with E-state index in [1.54, 1.807) is 0 Å². The van der Waals surface area contributed by atoms with Crippen molar-refractivity contribution in [2.45, 2.75) is 25.1 Å². The van der Waals surface area contributed by atoms with Gasteiger partial charge in [-0.2, -0.15) is 4.98 Å². The summed E-state index contributed by atoms with van der Waals surface area (Å²) in [5.74, 6) is 0.345. The molecule has 0 aliphatic carbocycles. The molecule has 0 saturated heterocycles. The molecule has 8 heteroatoms. The van der Waals surface area contributed by atoms with Gasteiger partial charge < -0.3 is 4.74 Å². The first-order valence-electron chi connectivity index (χ1n) is 3.97. The van der Waals surface area contributed by atoms with E-state index < -0.39 is 14.2 Å². The summed E-state index contributed by atoms with van der Waals surface area (Å²) < 4.78 is 26.6. The zero-order valence-corrected chi connectivity index (χ0v) is 9.10. The van der Waals surface area contributed by atoms with Gasteiger partial charge >= 0.3 is 0 Å². The lowest BCUT2D eigenvalue weighted by Crippen LogP contribution is -1.97. The summed E-state index contributed by atoms with van der Waals surface area (Å²) in [6.45, 7) is 2.76. The quantitative estimate of drug-likeness (QED) is 0.603. The molecule has 0 radical (unpaired) electrons. The molecule has 0 unspecified atom stereocenters. The molecule has 14 heavy (non-hydrogen) atoms. The minimum Gasteiger partial charge on any atom is -0.373 e. The molecule has 0 amide bonds. The van der Waals surface area contributed by atoms with Gasteiger partial charge in [-0.1, -0.05) is 6.92 Å². The van der Waals surface area contributed by atoms with Crippen molar-refractivity contribution in [3.8, 4) is 0 Å². The summed E-state index contributed by atoms with van der Waals surface area (Å²) in [7, 11) is 1.17. The third-order valence-electron chi connectivity index (χ3n) is 1.32. The third-order valence-corrected chi connectivity index (χ3v) is 2.35. The maximum absolute atomic E-state index is 10.8. The SMILES string of the molecule is CCCOCc1nc(S(=O)(=O)Cl)n[nH]1. The number of halogens is 1. The minimum absolute atomic E-state index is 0.202. The van der Waals surface area contributed by atoms with Gasteiger partial charge in [0.15, 0.2) is 5.82 Å². The zero-order chi connectivity index (χ0) is 10.6. The fourth-order valence-corrected chi connectivity index (χ4v) is 1.35. The average Bonchev–Trinajstić information content (AvgIpc) is 2.52. The van der Waals surface area contributed by atoms with E-state index in [2.05, 4.69) is 15.2 Å². The number of H-pyrrole nitrogens is 1. The topological polar surface area (TPSA) is 84.9 Å². The second kappa shape index (κ2) is 4.72. The van der Waals surface area contributed by atoms with Crippen molar-refractivity contribution in [1.82, 2.24) is 15.2 Å². The van der Waals surface area contributed by atoms with Gasteiger partial charge in [0, 0.05) is 17.3 Å². The number of aromatic nitrogens is 3. The van der Waals surface area contributed by atoms with Crippen LogP contribution >= 0.6 is 10.7 Å². The maximum Gasteiger partial charge on any atom is 0.298 e. The van der Waals surface area contributed by atoms with Crippen molar-refractivity contribution in [3.63, 3.8) is 0 Å². The summed E-state index contributed by atoms with van der Waals surface area (Å²) in [6, 6.07) is 0. The fraction of sp³-hybridized carbons (Fsp3) is 0.667. The highest BCUT2D eigenvalue weighted by atomic mass is 35.7. The number of hydrogen-bond acceptors (Lipinski definition) is 5. The zero-order valence-electron chi connectivity index (χ0n) is 7.53. The number of nitrogens with one attached hydrogen (secondary N) is 1. The highest BCUT2D eigenvalue weighted by molar-refractivity contribution is 8.13. The van der Waals surface area contributed by atoms with E-state index in [-0.39, 0.29) is 6.61 Å². The summed E-state index contributed by atoms with van der Waals surface area (Å²) in [6.07, 6.45) is 0.884. The predicted octanol–water partition coefficient (Wildman–Crippen LogP) is 0.659. The monoisotopic (exact) mass is 239 g/mol. The normalized spacial score (nSPS) is 11.9. The molecule has 0 aliphatic rings. The highest BCUT2D eigenvalue weighted by Crippen LogP contribution is 2.08. The summed E-state index contributed by atoms with van der Waals surface area (Å²) in [5, 5.41) is 5.43. The molecule has 1 aromatic heterocycles. The number of aromatic amines is 1. The lowest BCUT2D eigenvalue weighted by Gasteiger charge is -1.96. The smallest absolute Gasteiger partial charge is 0.298 e. The lowest BCUT2D eigenvalue weighted by molar-refractivity contribution is 0.116. The van der Waals surface area contributed by atoms with Crippen LogP contribution in [0.4, 0.5) is 0 Å². The molecule has 0 aliphatic heterocycles. The molecular weight excluding hydrogens is 230 g/mol. The lowest BCUT2D eigenvalue weighted by atomic mass is 10.5. The maximum atomic E-state index is 10.8. The van der Waals surface area contributed by atoms with Gasteiger partial charge in [0.25, 0.3) is 14.2 Å². The molecule has 0 bridgehead atoms. The average molecular weight is 240 g/mol. The van der Waals surface area contributed by atoms with E-state index in [9.17, 15) is 8.42 Å². The first-order chi connectivity index (χ1) is 6.54. The molecule has 0 aromatic carbocycles. The number of hydrogen-bond donors (Lipinski definition) is 1.